The minimum Gasteiger partial charge on any atom is -0.368 e. The molecule has 0 amide bonds. The van der Waals surface area contributed by atoms with Crippen molar-refractivity contribution < 1.29 is 0 Å². The van der Waals surface area contributed by atoms with Crippen molar-refractivity contribution in [3.63, 3.8) is 0 Å². The second-order valence-corrected chi connectivity index (χ2v) is 3.35. The molecule has 7 heteroatoms. The number of anilines is 1. The number of hydrogen-bond donors (Lipinski definition) is 2. The van der Waals surface area contributed by atoms with Gasteiger partial charge in [-0.05, 0) is 6.92 Å². The fourth-order valence-electron chi connectivity index (χ4n) is 1.61. The van der Waals surface area contributed by atoms with E-state index < -0.39 is 0 Å². The van der Waals surface area contributed by atoms with Gasteiger partial charge in [-0.25, -0.2) is 9.97 Å². The highest BCUT2D eigenvalue weighted by Gasteiger charge is 2.11. The van der Waals surface area contributed by atoms with Gasteiger partial charge in [-0.1, -0.05) is 0 Å². The van der Waals surface area contributed by atoms with Gasteiger partial charge >= 0.3 is 0 Å². The van der Waals surface area contributed by atoms with Crippen molar-refractivity contribution in [2.24, 2.45) is 0 Å². The lowest BCUT2D eigenvalue weighted by molar-refractivity contribution is 0.935. The maximum absolute atomic E-state index is 5.63. The van der Waals surface area contributed by atoms with Crippen LogP contribution < -0.4 is 5.73 Å². The molecule has 3 rings (SSSR count). The van der Waals surface area contributed by atoms with E-state index in [4.69, 9.17) is 5.73 Å². The normalized spacial score (nSPS) is 11.1. The number of aromatic amines is 1. The second kappa shape index (κ2) is 3.02. The maximum atomic E-state index is 5.63. The molecule has 3 aromatic heterocycles. The number of hydrogen-bond acceptors (Lipinski definition) is 5. The molecule has 0 aliphatic rings. The van der Waals surface area contributed by atoms with Crippen molar-refractivity contribution in [2.75, 3.05) is 5.73 Å². The lowest BCUT2D eigenvalue weighted by Gasteiger charge is -2.05. The molecule has 0 aliphatic carbocycles. The van der Waals surface area contributed by atoms with Crippen LogP contribution >= 0.6 is 0 Å². The number of nitrogens with zero attached hydrogens (tertiary/aromatic N) is 5. The first-order valence-electron chi connectivity index (χ1n) is 4.72. The monoisotopic (exact) mass is 215 g/mol. The molecule has 3 N–H and O–H groups in total. The van der Waals surface area contributed by atoms with E-state index in [2.05, 4.69) is 24.9 Å². The van der Waals surface area contributed by atoms with Crippen molar-refractivity contribution in [3.05, 3.63) is 24.5 Å². The van der Waals surface area contributed by atoms with Crippen molar-refractivity contribution >= 4 is 17.1 Å². The Labute approximate surface area is 90.4 Å². The van der Waals surface area contributed by atoms with Gasteiger partial charge < -0.3 is 10.7 Å². The summed E-state index contributed by atoms with van der Waals surface area (Å²) in [6.45, 7) is 1.89. The van der Waals surface area contributed by atoms with Gasteiger partial charge in [0.15, 0.2) is 11.5 Å². The number of fused-ring (bicyclic) bond motifs is 1. The SMILES string of the molecule is Cc1nccn1-c1nc(N)nc2nc[nH]c12. The van der Waals surface area contributed by atoms with Crippen LogP contribution in [0.25, 0.3) is 17.0 Å². The van der Waals surface area contributed by atoms with Gasteiger partial charge in [0.2, 0.25) is 5.95 Å². The number of nitrogens with one attached hydrogen (secondary N) is 1. The Kier molecular flexibility index (Phi) is 1.67. The third-order valence-electron chi connectivity index (χ3n) is 2.34. The van der Waals surface area contributed by atoms with E-state index in [0.717, 1.165) is 11.3 Å². The third-order valence-corrected chi connectivity index (χ3v) is 2.34. The number of rotatable bonds is 1. The molecule has 80 valence electrons. The van der Waals surface area contributed by atoms with Crippen LogP contribution in [0.15, 0.2) is 18.7 Å². The molecule has 0 spiro atoms. The first kappa shape index (κ1) is 8.84. The molecule has 7 nitrogen and oxygen atoms in total. The molecule has 0 bridgehead atoms. The van der Waals surface area contributed by atoms with Gasteiger partial charge in [0.1, 0.15) is 11.3 Å². The number of aromatic nitrogens is 6. The van der Waals surface area contributed by atoms with Crippen LogP contribution in [0.2, 0.25) is 0 Å². The van der Waals surface area contributed by atoms with Gasteiger partial charge in [-0.15, -0.1) is 0 Å². The number of imidazole rings is 2. The van der Waals surface area contributed by atoms with E-state index in [1.165, 1.54) is 0 Å². The average Bonchev–Trinajstić information content (AvgIpc) is 2.84. The Morgan fingerprint density at radius 2 is 2.19 bits per heavy atom. The lowest BCUT2D eigenvalue weighted by atomic mass is 10.4. The molecule has 0 aliphatic heterocycles. The van der Waals surface area contributed by atoms with Crippen LogP contribution in [-0.2, 0) is 0 Å². The molecule has 0 radical (unpaired) electrons. The molecule has 0 atom stereocenters. The smallest absolute Gasteiger partial charge is 0.224 e. The molecule has 0 unspecified atom stereocenters. The molecule has 0 saturated heterocycles. The molecule has 16 heavy (non-hydrogen) atoms. The highest BCUT2D eigenvalue weighted by atomic mass is 15.2. The molecule has 0 saturated carbocycles. The zero-order chi connectivity index (χ0) is 11.1. The molecule has 3 aromatic rings. The predicted molar refractivity (Wildman–Crippen MR) is 58.0 cm³/mol. The topological polar surface area (TPSA) is 98.3 Å². The predicted octanol–water partition coefficient (Wildman–Crippen LogP) is 0.429. The summed E-state index contributed by atoms with van der Waals surface area (Å²) in [4.78, 5) is 19.4. The summed E-state index contributed by atoms with van der Waals surface area (Å²) in [6, 6.07) is 0. The zero-order valence-corrected chi connectivity index (χ0v) is 8.55. The minimum atomic E-state index is 0.197. The maximum Gasteiger partial charge on any atom is 0.224 e. The third kappa shape index (κ3) is 1.14. The van der Waals surface area contributed by atoms with Gasteiger partial charge in [-0.2, -0.15) is 9.97 Å². The summed E-state index contributed by atoms with van der Waals surface area (Å²) in [5.41, 5.74) is 6.93. The van der Waals surface area contributed by atoms with E-state index in [-0.39, 0.29) is 5.95 Å². The van der Waals surface area contributed by atoms with Crippen molar-refractivity contribution in [1.82, 2.24) is 29.5 Å². The van der Waals surface area contributed by atoms with E-state index >= 15 is 0 Å². The largest absolute Gasteiger partial charge is 0.368 e. The summed E-state index contributed by atoms with van der Waals surface area (Å²) in [5, 5.41) is 0. The number of nitrogens with two attached hydrogens (primary N) is 1. The lowest BCUT2D eigenvalue weighted by Crippen LogP contribution is -2.04. The van der Waals surface area contributed by atoms with E-state index in [1.54, 1.807) is 12.5 Å². The summed E-state index contributed by atoms with van der Waals surface area (Å²) < 4.78 is 1.83. The fourth-order valence-corrected chi connectivity index (χ4v) is 1.61. The van der Waals surface area contributed by atoms with Crippen LogP contribution in [0.3, 0.4) is 0 Å². The standard InChI is InChI=1S/C9H9N7/c1-5-11-2-3-16(5)8-6-7(13-4-12-6)14-9(10)15-8/h2-4H,1H3,(H3,10,12,13,14,15). The van der Waals surface area contributed by atoms with E-state index in [0.29, 0.717) is 11.5 Å². The second-order valence-electron chi connectivity index (χ2n) is 3.35. The first-order valence-corrected chi connectivity index (χ1v) is 4.72. The zero-order valence-electron chi connectivity index (χ0n) is 8.55. The molecule has 3 heterocycles. The number of H-pyrrole nitrogens is 1. The average molecular weight is 215 g/mol. The summed E-state index contributed by atoms with van der Waals surface area (Å²) in [7, 11) is 0. The van der Waals surface area contributed by atoms with Crippen LogP contribution in [0, 0.1) is 6.92 Å². The van der Waals surface area contributed by atoms with Gasteiger partial charge in [0.05, 0.1) is 6.33 Å². The Morgan fingerprint density at radius 3 is 2.94 bits per heavy atom. The van der Waals surface area contributed by atoms with Gasteiger partial charge in [0, 0.05) is 12.4 Å². The van der Waals surface area contributed by atoms with Crippen LogP contribution in [-0.4, -0.2) is 29.5 Å². The Balaban J connectivity index is 2.38. The Bertz CT molecular complexity index is 651. The summed E-state index contributed by atoms with van der Waals surface area (Å²) >= 11 is 0. The molecular weight excluding hydrogens is 206 g/mol. The summed E-state index contributed by atoms with van der Waals surface area (Å²) in [5.74, 6) is 1.69. The van der Waals surface area contributed by atoms with Crippen LogP contribution in [0.5, 0.6) is 0 Å². The summed E-state index contributed by atoms with van der Waals surface area (Å²) in [6.07, 6.45) is 5.09. The molecule has 0 aromatic carbocycles. The number of nitrogen functional groups attached to an aromatic ring is 1. The first-order chi connectivity index (χ1) is 7.75. The van der Waals surface area contributed by atoms with E-state index in [1.807, 2.05) is 17.7 Å². The van der Waals surface area contributed by atoms with Gasteiger partial charge in [0.25, 0.3) is 0 Å². The quantitative estimate of drug-likeness (QED) is 0.613. The van der Waals surface area contributed by atoms with Crippen molar-refractivity contribution in [3.8, 4) is 5.82 Å². The van der Waals surface area contributed by atoms with Crippen molar-refractivity contribution in [2.45, 2.75) is 6.92 Å². The Hall–Kier alpha value is -2.44. The molecular formula is C9H9N7. The minimum absolute atomic E-state index is 0.197. The van der Waals surface area contributed by atoms with Crippen LogP contribution in [0.4, 0.5) is 5.95 Å². The number of aryl methyl sites for hydroxylation is 1. The van der Waals surface area contributed by atoms with Gasteiger partial charge in [-0.3, -0.25) is 4.57 Å². The highest BCUT2D eigenvalue weighted by Crippen LogP contribution is 2.17. The van der Waals surface area contributed by atoms with Crippen molar-refractivity contribution in [1.29, 1.82) is 0 Å². The fraction of sp³-hybridized carbons (Fsp3) is 0.111. The van der Waals surface area contributed by atoms with Crippen LogP contribution in [0.1, 0.15) is 5.82 Å². The molecule has 0 fully saturated rings. The Morgan fingerprint density at radius 1 is 1.31 bits per heavy atom. The van der Waals surface area contributed by atoms with E-state index in [9.17, 15) is 0 Å². The highest BCUT2D eigenvalue weighted by molar-refractivity contribution is 5.79.